The van der Waals surface area contributed by atoms with Crippen LogP contribution in [0, 0.1) is 6.92 Å². The van der Waals surface area contributed by atoms with Crippen LogP contribution in [0.4, 0.5) is 5.13 Å². The molecule has 1 N–H and O–H groups in total. The number of methoxy groups -OCH3 is 1. The highest BCUT2D eigenvalue weighted by Gasteiger charge is 2.19. The van der Waals surface area contributed by atoms with Gasteiger partial charge in [-0.25, -0.2) is 4.98 Å². The number of rotatable bonds is 5. The largest absolute Gasteiger partial charge is 0.496 e. The van der Waals surface area contributed by atoms with Gasteiger partial charge in [-0.15, -0.1) is 11.3 Å². The van der Waals surface area contributed by atoms with Crippen molar-refractivity contribution < 1.29 is 9.53 Å². The highest BCUT2D eigenvalue weighted by Crippen LogP contribution is 2.33. The molecule has 1 amide bonds. The summed E-state index contributed by atoms with van der Waals surface area (Å²) in [4.78, 5) is 30.1. The van der Waals surface area contributed by atoms with Gasteiger partial charge in [-0.1, -0.05) is 23.8 Å². The molecule has 0 aliphatic carbocycles. The average molecular weight is 420 g/mol. The first kappa shape index (κ1) is 19.8. The molecule has 0 fully saturated rings. The standard InChI is InChI=1S/C22H20N4O3S/c1-4-26-17-8-6-5-7-14(17)20(27)19(25-26)21(28)24-22-23-16(12-30-22)15-11-13(2)9-10-18(15)29-3/h5-12H,4H2,1-3H3,(H,23,24,28). The van der Waals surface area contributed by atoms with E-state index in [1.807, 2.05) is 49.6 Å². The Labute approximate surface area is 177 Å². The van der Waals surface area contributed by atoms with Crippen LogP contribution in [-0.4, -0.2) is 27.8 Å². The second-order valence-electron chi connectivity index (χ2n) is 6.71. The molecule has 4 aromatic rings. The molecular formula is C22H20N4O3S. The maximum atomic E-state index is 12.8. The van der Waals surface area contributed by atoms with Crippen LogP contribution < -0.4 is 15.5 Å². The van der Waals surface area contributed by atoms with Gasteiger partial charge in [-0.3, -0.25) is 19.6 Å². The summed E-state index contributed by atoms with van der Waals surface area (Å²) in [5.41, 5.74) is 2.75. The van der Waals surface area contributed by atoms with Crippen LogP contribution in [0.1, 0.15) is 23.0 Å². The van der Waals surface area contributed by atoms with Crippen LogP contribution in [0.25, 0.3) is 22.2 Å². The third-order valence-corrected chi connectivity index (χ3v) is 5.49. The maximum Gasteiger partial charge on any atom is 0.281 e. The maximum absolute atomic E-state index is 12.8. The minimum atomic E-state index is -0.579. The Bertz CT molecular complexity index is 1310. The lowest BCUT2D eigenvalue weighted by Gasteiger charge is -2.09. The van der Waals surface area contributed by atoms with Crippen molar-refractivity contribution in [3.05, 3.63) is 69.3 Å². The van der Waals surface area contributed by atoms with Gasteiger partial charge in [0.1, 0.15) is 5.75 Å². The number of aromatic nitrogens is 3. The monoisotopic (exact) mass is 420 g/mol. The second-order valence-corrected chi connectivity index (χ2v) is 7.56. The normalized spacial score (nSPS) is 10.9. The molecule has 0 spiro atoms. The molecule has 0 atom stereocenters. The van der Waals surface area contributed by atoms with E-state index in [-0.39, 0.29) is 5.69 Å². The van der Waals surface area contributed by atoms with Gasteiger partial charge in [0.05, 0.1) is 18.3 Å². The summed E-state index contributed by atoms with van der Waals surface area (Å²) >= 11 is 1.28. The van der Waals surface area contributed by atoms with Gasteiger partial charge in [0, 0.05) is 22.9 Å². The number of para-hydroxylation sites is 1. The Kier molecular flexibility index (Phi) is 5.33. The number of nitrogens with one attached hydrogen (secondary N) is 1. The third kappa shape index (κ3) is 3.57. The first-order chi connectivity index (χ1) is 14.5. The molecule has 30 heavy (non-hydrogen) atoms. The zero-order chi connectivity index (χ0) is 21.3. The van der Waals surface area contributed by atoms with Gasteiger partial charge in [0.2, 0.25) is 5.43 Å². The number of anilines is 1. The number of hydrogen-bond donors (Lipinski definition) is 1. The van der Waals surface area contributed by atoms with Crippen LogP contribution in [0.5, 0.6) is 5.75 Å². The van der Waals surface area contributed by atoms with Crippen LogP contribution in [0.2, 0.25) is 0 Å². The summed E-state index contributed by atoms with van der Waals surface area (Å²) in [5.74, 6) is 0.121. The van der Waals surface area contributed by atoms with E-state index in [0.717, 1.165) is 11.1 Å². The van der Waals surface area contributed by atoms with E-state index in [1.54, 1.807) is 23.9 Å². The van der Waals surface area contributed by atoms with E-state index in [4.69, 9.17) is 4.74 Å². The molecule has 7 nitrogen and oxygen atoms in total. The SMILES string of the molecule is CCn1nc(C(=O)Nc2nc(-c3cc(C)ccc3OC)cs2)c(=O)c2ccccc21. The smallest absolute Gasteiger partial charge is 0.281 e. The highest BCUT2D eigenvalue weighted by atomic mass is 32.1. The molecule has 0 aliphatic rings. The zero-order valence-electron chi connectivity index (χ0n) is 16.8. The van der Waals surface area contributed by atoms with Gasteiger partial charge in [0.25, 0.3) is 5.91 Å². The van der Waals surface area contributed by atoms with E-state index < -0.39 is 11.3 Å². The van der Waals surface area contributed by atoms with E-state index >= 15 is 0 Å². The van der Waals surface area contributed by atoms with Crippen molar-refractivity contribution in [3.63, 3.8) is 0 Å². The summed E-state index contributed by atoms with van der Waals surface area (Å²) in [7, 11) is 1.60. The molecule has 2 aromatic heterocycles. The average Bonchev–Trinajstić information content (AvgIpc) is 3.22. The number of benzene rings is 2. The Morgan fingerprint density at radius 3 is 2.80 bits per heavy atom. The van der Waals surface area contributed by atoms with Gasteiger partial charge in [-0.05, 0) is 38.1 Å². The molecule has 0 aliphatic heterocycles. The molecule has 2 aromatic carbocycles. The number of fused-ring (bicyclic) bond motifs is 1. The van der Waals surface area contributed by atoms with E-state index in [0.29, 0.717) is 34.0 Å². The van der Waals surface area contributed by atoms with Crippen LogP contribution in [0.3, 0.4) is 0 Å². The molecule has 0 saturated carbocycles. The molecule has 0 saturated heterocycles. The minimum absolute atomic E-state index is 0.152. The van der Waals surface area contributed by atoms with Crippen molar-refractivity contribution in [2.24, 2.45) is 0 Å². The number of aryl methyl sites for hydroxylation is 2. The van der Waals surface area contributed by atoms with Crippen molar-refractivity contribution in [1.29, 1.82) is 0 Å². The van der Waals surface area contributed by atoms with Crippen molar-refractivity contribution in [2.75, 3.05) is 12.4 Å². The minimum Gasteiger partial charge on any atom is -0.496 e. The first-order valence-electron chi connectivity index (χ1n) is 9.43. The first-order valence-corrected chi connectivity index (χ1v) is 10.3. The summed E-state index contributed by atoms with van der Waals surface area (Å²) in [5, 5.41) is 9.66. The fourth-order valence-electron chi connectivity index (χ4n) is 3.26. The Balaban J connectivity index is 1.67. The molecule has 0 unspecified atom stereocenters. The number of amides is 1. The van der Waals surface area contributed by atoms with Crippen molar-refractivity contribution >= 4 is 33.3 Å². The van der Waals surface area contributed by atoms with Crippen molar-refractivity contribution in [2.45, 2.75) is 20.4 Å². The number of carbonyl (C=O) groups is 1. The Morgan fingerprint density at radius 2 is 2.03 bits per heavy atom. The van der Waals surface area contributed by atoms with Crippen LogP contribution >= 0.6 is 11.3 Å². The van der Waals surface area contributed by atoms with Gasteiger partial charge < -0.3 is 4.74 Å². The fourth-order valence-corrected chi connectivity index (χ4v) is 3.97. The molecule has 0 radical (unpaired) electrons. The number of thiazole rings is 1. The molecule has 152 valence electrons. The highest BCUT2D eigenvalue weighted by molar-refractivity contribution is 7.14. The summed E-state index contributed by atoms with van der Waals surface area (Å²) < 4.78 is 7.07. The molecule has 0 bridgehead atoms. The zero-order valence-corrected chi connectivity index (χ0v) is 17.6. The molecule has 2 heterocycles. The molecule has 8 heteroatoms. The topological polar surface area (TPSA) is 86.1 Å². The second kappa shape index (κ2) is 8.08. The van der Waals surface area contributed by atoms with Crippen LogP contribution in [0.15, 0.2) is 52.6 Å². The predicted molar refractivity (Wildman–Crippen MR) is 118 cm³/mol. The van der Waals surface area contributed by atoms with Gasteiger partial charge >= 0.3 is 0 Å². The van der Waals surface area contributed by atoms with Crippen LogP contribution in [-0.2, 0) is 6.54 Å². The number of nitrogens with zero attached hydrogens (tertiary/aromatic N) is 3. The molecular weight excluding hydrogens is 400 g/mol. The van der Waals surface area contributed by atoms with Gasteiger partial charge in [0.15, 0.2) is 10.8 Å². The predicted octanol–water partition coefficient (Wildman–Crippen LogP) is 4.11. The van der Waals surface area contributed by atoms with E-state index in [9.17, 15) is 9.59 Å². The summed E-state index contributed by atoms with van der Waals surface area (Å²) in [6.45, 7) is 4.44. The Morgan fingerprint density at radius 1 is 1.23 bits per heavy atom. The quantitative estimate of drug-likeness (QED) is 0.525. The third-order valence-electron chi connectivity index (χ3n) is 4.73. The number of carbonyl (C=O) groups excluding carboxylic acids is 1. The summed E-state index contributed by atoms with van der Waals surface area (Å²) in [6.07, 6.45) is 0. The fraction of sp³-hybridized carbons (Fsp3) is 0.182. The van der Waals surface area contributed by atoms with Crippen molar-refractivity contribution in [3.8, 4) is 17.0 Å². The van der Waals surface area contributed by atoms with Crippen molar-refractivity contribution in [1.82, 2.24) is 14.8 Å². The van der Waals surface area contributed by atoms with E-state index in [2.05, 4.69) is 15.4 Å². The Hall–Kier alpha value is -3.52. The number of hydrogen-bond acceptors (Lipinski definition) is 6. The lowest BCUT2D eigenvalue weighted by Crippen LogP contribution is -2.27. The number of ether oxygens (including phenoxy) is 1. The molecule has 4 rings (SSSR count). The van der Waals surface area contributed by atoms with Gasteiger partial charge in [-0.2, -0.15) is 5.10 Å². The van der Waals surface area contributed by atoms with E-state index in [1.165, 1.54) is 11.3 Å². The lowest BCUT2D eigenvalue weighted by atomic mass is 10.1. The lowest BCUT2D eigenvalue weighted by molar-refractivity contribution is 0.101. The summed E-state index contributed by atoms with van der Waals surface area (Å²) in [6, 6.07) is 12.9.